The van der Waals surface area contributed by atoms with Crippen LogP contribution in [-0.2, 0) is 9.53 Å². The van der Waals surface area contributed by atoms with Crippen molar-refractivity contribution in [1.82, 2.24) is 0 Å². The van der Waals surface area contributed by atoms with E-state index in [9.17, 15) is 4.79 Å². The van der Waals surface area contributed by atoms with E-state index in [1.165, 1.54) is 26.4 Å². The molecule has 0 amide bonds. The molecule has 2 saturated carbocycles. The Balaban J connectivity index is 2.14. The lowest BCUT2D eigenvalue weighted by molar-refractivity contribution is -0.143. The van der Waals surface area contributed by atoms with Crippen molar-refractivity contribution in [2.24, 2.45) is 28.9 Å². The van der Waals surface area contributed by atoms with Crippen LogP contribution in [-0.4, -0.2) is 19.6 Å². The molecule has 2 N–H and O–H groups in total. The molecular weight excluding hydrogens is 190 g/mol. The number of carbonyl (C=O) groups excluding carboxylic acids is 1. The van der Waals surface area contributed by atoms with Gasteiger partial charge in [0.15, 0.2) is 0 Å². The Hall–Kier alpha value is -0.570. The second-order valence-corrected chi connectivity index (χ2v) is 5.05. The second-order valence-electron chi connectivity index (χ2n) is 5.05. The Morgan fingerprint density at radius 1 is 1.60 bits per heavy atom. The second kappa shape index (κ2) is 3.78. The molecule has 4 atom stereocenters. The van der Waals surface area contributed by atoms with Crippen LogP contribution in [0.1, 0.15) is 32.6 Å². The van der Waals surface area contributed by atoms with Gasteiger partial charge in [-0.3, -0.25) is 4.79 Å². The number of hydrogen-bond donors (Lipinski definition) is 1. The van der Waals surface area contributed by atoms with Gasteiger partial charge in [-0.25, -0.2) is 0 Å². The van der Waals surface area contributed by atoms with Crippen LogP contribution in [0, 0.1) is 23.2 Å². The number of esters is 1. The molecule has 0 aliphatic heterocycles. The van der Waals surface area contributed by atoms with Crippen LogP contribution in [0.4, 0.5) is 0 Å². The molecule has 2 fully saturated rings. The summed E-state index contributed by atoms with van der Waals surface area (Å²) in [6, 6.07) is 0. The molecule has 86 valence electrons. The first-order valence-corrected chi connectivity index (χ1v) is 5.98. The fraction of sp³-hybridized carbons (Fsp3) is 0.917. The summed E-state index contributed by atoms with van der Waals surface area (Å²) < 4.78 is 4.87. The molecule has 3 heteroatoms. The van der Waals surface area contributed by atoms with Crippen molar-refractivity contribution in [2.45, 2.75) is 32.6 Å². The van der Waals surface area contributed by atoms with Crippen LogP contribution < -0.4 is 5.73 Å². The van der Waals surface area contributed by atoms with Crippen molar-refractivity contribution >= 4 is 5.97 Å². The molecule has 4 unspecified atom stereocenters. The van der Waals surface area contributed by atoms with Gasteiger partial charge in [0, 0.05) is 0 Å². The number of nitrogens with two attached hydrogens (primary N) is 1. The van der Waals surface area contributed by atoms with Gasteiger partial charge >= 0.3 is 5.97 Å². The Bertz CT molecular complexity index is 260. The normalized spacial score (nSPS) is 43.3. The van der Waals surface area contributed by atoms with Gasteiger partial charge in [0.1, 0.15) is 0 Å². The SMILES string of the molecule is CCC1(CN)CCCC2C(C(=O)OC)C21. The average molecular weight is 211 g/mol. The third kappa shape index (κ3) is 1.48. The Labute approximate surface area is 91.4 Å². The van der Waals surface area contributed by atoms with Gasteiger partial charge in [-0.05, 0) is 43.1 Å². The third-order valence-corrected chi connectivity index (χ3v) is 4.67. The molecule has 0 spiro atoms. The summed E-state index contributed by atoms with van der Waals surface area (Å²) in [5.41, 5.74) is 6.14. The van der Waals surface area contributed by atoms with Gasteiger partial charge in [-0.15, -0.1) is 0 Å². The first-order chi connectivity index (χ1) is 7.20. The molecule has 0 aromatic rings. The number of methoxy groups -OCH3 is 1. The lowest BCUT2D eigenvalue weighted by Crippen LogP contribution is -2.35. The van der Waals surface area contributed by atoms with Crippen molar-refractivity contribution in [3.63, 3.8) is 0 Å². The van der Waals surface area contributed by atoms with E-state index < -0.39 is 0 Å². The summed E-state index contributed by atoms with van der Waals surface area (Å²) in [4.78, 5) is 11.6. The van der Waals surface area contributed by atoms with Gasteiger partial charge < -0.3 is 10.5 Å². The molecule has 0 saturated heterocycles. The summed E-state index contributed by atoms with van der Waals surface area (Å²) in [6.07, 6.45) is 4.69. The van der Waals surface area contributed by atoms with E-state index in [1.807, 2.05) is 0 Å². The number of ether oxygens (including phenoxy) is 1. The van der Waals surface area contributed by atoms with Gasteiger partial charge in [0.25, 0.3) is 0 Å². The van der Waals surface area contributed by atoms with E-state index in [2.05, 4.69) is 6.92 Å². The smallest absolute Gasteiger partial charge is 0.309 e. The van der Waals surface area contributed by atoms with E-state index in [4.69, 9.17) is 10.5 Å². The summed E-state index contributed by atoms with van der Waals surface area (Å²) in [6.45, 7) is 2.92. The lowest BCUT2D eigenvalue weighted by atomic mass is 9.71. The fourth-order valence-electron chi connectivity index (χ4n) is 3.68. The Morgan fingerprint density at radius 3 is 2.87 bits per heavy atom. The quantitative estimate of drug-likeness (QED) is 0.721. The van der Waals surface area contributed by atoms with E-state index in [-0.39, 0.29) is 17.3 Å². The number of rotatable bonds is 3. The standard InChI is InChI=1S/C12H21NO2/c1-3-12(7-13)6-4-5-8-9(10(8)12)11(14)15-2/h8-10H,3-7,13H2,1-2H3. The Kier molecular flexibility index (Phi) is 2.75. The maximum atomic E-state index is 11.6. The fourth-order valence-corrected chi connectivity index (χ4v) is 3.68. The van der Waals surface area contributed by atoms with Crippen LogP contribution >= 0.6 is 0 Å². The Morgan fingerprint density at radius 2 is 2.33 bits per heavy atom. The highest BCUT2D eigenvalue weighted by Crippen LogP contribution is 2.64. The van der Waals surface area contributed by atoms with Crippen molar-refractivity contribution in [2.75, 3.05) is 13.7 Å². The predicted octanol–water partition coefficient (Wildman–Crippen LogP) is 1.56. The van der Waals surface area contributed by atoms with E-state index >= 15 is 0 Å². The van der Waals surface area contributed by atoms with Gasteiger partial charge in [-0.2, -0.15) is 0 Å². The van der Waals surface area contributed by atoms with Gasteiger partial charge in [0.2, 0.25) is 0 Å². The molecule has 3 nitrogen and oxygen atoms in total. The first kappa shape index (κ1) is 10.9. The summed E-state index contributed by atoms with van der Waals surface area (Å²) in [5, 5.41) is 0. The van der Waals surface area contributed by atoms with Crippen molar-refractivity contribution < 1.29 is 9.53 Å². The lowest BCUT2D eigenvalue weighted by Gasteiger charge is -2.35. The highest BCUT2D eigenvalue weighted by atomic mass is 16.5. The molecule has 2 aliphatic carbocycles. The molecule has 0 aromatic heterocycles. The average Bonchev–Trinajstić information content (AvgIpc) is 3.02. The predicted molar refractivity (Wildman–Crippen MR) is 58.1 cm³/mol. The minimum absolute atomic E-state index is 0.0156. The minimum atomic E-state index is -0.0156. The van der Waals surface area contributed by atoms with Crippen LogP contribution in [0.2, 0.25) is 0 Å². The maximum absolute atomic E-state index is 11.6. The van der Waals surface area contributed by atoms with Crippen LogP contribution in [0.3, 0.4) is 0 Å². The zero-order valence-corrected chi connectivity index (χ0v) is 9.66. The van der Waals surface area contributed by atoms with Gasteiger partial charge in [0.05, 0.1) is 13.0 Å². The highest BCUT2D eigenvalue weighted by molar-refractivity contribution is 5.76. The molecule has 2 rings (SSSR count). The van der Waals surface area contributed by atoms with E-state index in [0.29, 0.717) is 11.8 Å². The van der Waals surface area contributed by atoms with Gasteiger partial charge in [-0.1, -0.05) is 13.3 Å². The summed E-state index contributed by atoms with van der Waals surface area (Å²) in [5.74, 6) is 1.21. The molecular formula is C12H21NO2. The van der Waals surface area contributed by atoms with Crippen molar-refractivity contribution in [3.8, 4) is 0 Å². The van der Waals surface area contributed by atoms with Crippen molar-refractivity contribution in [1.29, 1.82) is 0 Å². The molecule has 15 heavy (non-hydrogen) atoms. The summed E-state index contributed by atoms with van der Waals surface area (Å²) in [7, 11) is 1.49. The minimum Gasteiger partial charge on any atom is -0.469 e. The molecule has 0 radical (unpaired) electrons. The largest absolute Gasteiger partial charge is 0.469 e. The monoisotopic (exact) mass is 211 g/mol. The van der Waals surface area contributed by atoms with Crippen LogP contribution in [0.5, 0.6) is 0 Å². The van der Waals surface area contributed by atoms with Crippen LogP contribution in [0.25, 0.3) is 0 Å². The molecule has 2 aliphatic rings. The highest BCUT2D eigenvalue weighted by Gasteiger charge is 2.64. The number of carbonyl (C=O) groups is 1. The zero-order valence-electron chi connectivity index (χ0n) is 9.66. The number of fused-ring (bicyclic) bond motifs is 1. The van der Waals surface area contributed by atoms with E-state index in [0.717, 1.165) is 13.0 Å². The first-order valence-electron chi connectivity index (χ1n) is 5.98. The molecule has 0 aromatic carbocycles. The van der Waals surface area contributed by atoms with Crippen LogP contribution in [0.15, 0.2) is 0 Å². The number of hydrogen-bond acceptors (Lipinski definition) is 3. The third-order valence-electron chi connectivity index (χ3n) is 4.67. The summed E-state index contributed by atoms with van der Waals surface area (Å²) >= 11 is 0. The molecule has 0 heterocycles. The zero-order chi connectivity index (χ0) is 11.1. The topological polar surface area (TPSA) is 52.3 Å². The van der Waals surface area contributed by atoms with Crippen molar-refractivity contribution in [3.05, 3.63) is 0 Å². The van der Waals surface area contributed by atoms with E-state index in [1.54, 1.807) is 0 Å². The maximum Gasteiger partial charge on any atom is 0.309 e. The molecule has 0 bridgehead atoms.